The first-order chi connectivity index (χ1) is 6.07. The summed E-state index contributed by atoms with van der Waals surface area (Å²) in [4.78, 5) is 21.3. The molecule has 1 aromatic heterocycles. The summed E-state index contributed by atoms with van der Waals surface area (Å²) in [6, 6.07) is 1.55. The van der Waals surface area contributed by atoms with Crippen molar-refractivity contribution in [1.29, 1.82) is 0 Å². The number of carboxylic acids is 1. The number of aldehydes is 1. The van der Waals surface area contributed by atoms with Crippen LogP contribution in [0.1, 0.15) is 40.7 Å². The minimum Gasteiger partial charge on any atom is -0.477 e. The predicted octanol–water partition coefficient (Wildman–Crippen LogP) is 1.58. The van der Waals surface area contributed by atoms with Crippen molar-refractivity contribution < 1.29 is 14.7 Å². The lowest BCUT2D eigenvalue weighted by atomic mass is 10.2. The first-order valence-electron chi connectivity index (χ1n) is 3.97. The van der Waals surface area contributed by atoms with Gasteiger partial charge in [-0.15, -0.1) is 0 Å². The third kappa shape index (κ3) is 1.61. The Bertz CT molecular complexity index is 339. The summed E-state index contributed by atoms with van der Waals surface area (Å²) in [5.74, 6) is -1.07. The van der Waals surface area contributed by atoms with Gasteiger partial charge in [0, 0.05) is 17.8 Å². The molecular formula is C9H11NO3. The molecule has 0 saturated heterocycles. The minimum atomic E-state index is -1.07. The number of nitrogens with zero attached hydrogens (tertiary/aromatic N) is 1. The number of aromatic nitrogens is 1. The van der Waals surface area contributed by atoms with Crippen molar-refractivity contribution in [2.75, 3.05) is 0 Å². The molecule has 1 heterocycles. The lowest BCUT2D eigenvalue weighted by Crippen LogP contribution is -2.11. The number of hydrogen-bond donors (Lipinski definition) is 1. The van der Waals surface area contributed by atoms with Gasteiger partial charge in [-0.3, -0.25) is 4.79 Å². The Labute approximate surface area is 75.8 Å². The molecule has 0 radical (unpaired) electrons. The van der Waals surface area contributed by atoms with E-state index in [1.54, 1.807) is 10.8 Å². The van der Waals surface area contributed by atoms with Crippen LogP contribution in [0.5, 0.6) is 0 Å². The van der Waals surface area contributed by atoms with Crippen molar-refractivity contribution in [3.8, 4) is 0 Å². The van der Waals surface area contributed by atoms with Gasteiger partial charge in [-0.1, -0.05) is 0 Å². The van der Waals surface area contributed by atoms with E-state index in [4.69, 9.17) is 5.11 Å². The molecule has 0 atom stereocenters. The van der Waals surface area contributed by atoms with E-state index < -0.39 is 5.97 Å². The summed E-state index contributed by atoms with van der Waals surface area (Å²) in [6.07, 6.45) is 2.17. The Balaban J connectivity index is 3.29. The van der Waals surface area contributed by atoms with E-state index in [1.807, 2.05) is 13.8 Å². The number of carboxylic acid groups (broad SMARTS) is 1. The Morgan fingerprint density at radius 2 is 2.23 bits per heavy atom. The van der Waals surface area contributed by atoms with Gasteiger partial charge in [0.2, 0.25) is 0 Å². The normalized spacial score (nSPS) is 10.4. The van der Waals surface area contributed by atoms with E-state index in [0.29, 0.717) is 6.29 Å². The molecule has 1 aromatic rings. The average Bonchev–Trinajstić information content (AvgIpc) is 2.46. The highest BCUT2D eigenvalue weighted by Gasteiger charge is 2.16. The van der Waals surface area contributed by atoms with E-state index in [9.17, 15) is 9.59 Å². The monoisotopic (exact) mass is 181 g/mol. The van der Waals surface area contributed by atoms with Crippen LogP contribution in [0.4, 0.5) is 0 Å². The molecule has 13 heavy (non-hydrogen) atoms. The first-order valence-corrected chi connectivity index (χ1v) is 3.97. The van der Waals surface area contributed by atoms with Crippen molar-refractivity contribution in [3.05, 3.63) is 23.5 Å². The Kier molecular flexibility index (Phi) is 2.51. The third-order valence-corrected chi connectivity index (χ3v) is 1.83. The van der Waals surface area contributed by atoms with Crippen molar-refractivity contribution in [2.24, 2.45) is 0 Å². The van der Waals surface area contributed by atoms with Crippen LogP contribution in [0, 0.1) is 0 Å². The predicted molar refractivity (Wildman–Crippen MR) is 47.2 cm³/mol. The van der Waals surface area contributed by atoms with Gasteiger partial charge in [0.25, 0.3) is 0 Å². The SMILES string of the molecule is CC(C)n1ccc(C=O)c1C(=O)O. The summed E-state index contributed by atoms with van der Waals surface area (Å²) < 4.78 is 1.56. The maximum absolute atomic E-state index is 10.8. The van der Waals surface area contributed by atoms with Crippen LogP contribution in [0.15, 0.2) is 12.3 Å². The maximum Gasteiger partial charge on any atom is 0.353 e. The summed E-state index contributed by atoms with van der Waals surface area (Å²) in [5, 5.41) is 8.84. The van der Waals surface area contributed by atoms with E-state index in [2.05, 4.69) is 0 Å². The Morgan fingerprint density at radius 3 is 2.62 bits per heavy atom. The molecule has 4 heteroatoms. The Morgan fingerprint density at radius 1 is 1.62 bits per heavy atom. The zero-order valence-electron chi connectivity index (χ0n) is 7.52. The van der Waals surface area contributed by atoms with Gasteiger partial charge in [-0.2, -0.15) is 0 Å². The van der Waals surface area contributed by atoms with Crippen molar-refractivity contribution in [2.45, 2.75) is 19.9 Å². The van der Waals surface area contributed by atoms with E-state index >= 15 is 0 Å². The van der Waals surface area contributed by atoms with Crippen LogP contribution in [-0.2, 0) is 0 Å². The molecular weight excluding hydrogens is 170 g/mol. The fourth-order valence-electron chi connectivity index (χ4n) is 1.22. The fourth-order valence-corrected chi connectivity index (χ4v) is 1.22. The second-order valence-electron chi connectivity index (χ2n) is 3.04. The van der Waals surface area contributed by atoms with Crippen LogP contribution >= 0.6 is 0 Å². The molecule has 1 rings (SSSR count). The summed E-state index contributed by atoms with van der Waals surface area (Å²) in [7, 11) is 0. The standard InChI is InChI=1S/C9H11NO3/c1-6(2)10-4-3-7(5-11)8(10)9(12)13/h3-6H,1-2H3,(H,12,13). The number of carbonyl (C=O) groups excluding carboxylic acids is 1. The van der Waals surface area contributed by atoms with Gasteiger partial charge in [-0.25, -0.2) is 4.79 Å². The van der Waals surface area contributed by atoms with Crippen molar-refractivity contribution in [1.82, 2.24) is 4.57 Å². The number of hydrogen-bond acceptors (Lipinski definition) is 2. The third-order valence-electron chi connectivity index (χ3n) is 1.83. The molecule has 0 aliphatic carbocycles. The lowest BCUT2D eigenvalue weighted by molar-refractivity contribution is 0.0680. The molecule has 0 amide bonds. The molecule has 70 valence electrons. The number of carbonyl (C=O) groups is 2. The largest absolute Gasteiger partial charge is 0.477 e. The topological polar surface area (TPSA) is 59.3 Å². The molecule has 0 aliphatic rings. The van der Waals surface area contributed by atoms with Crippen LogP contribution in [0.2, 0.25) is 0 Å². The first kappa shape index (κ1) is 9.51. The van der Waals surface area contributed by atoms with Crippen LogP contribution < -0.4 is 0 Å². The molecule has 0 unspecified atom stereocenters. The lowest BCUT2D eigenvalue weighted by Gasteiger charge is -2.09. The van der Waals surface area contributed by atoms with Gasteiger partial charge in [-0.05, 0) is 19.9 Å². The molecule has 0 aromatic carbocycles. The van der Waals surface area contributed by atoms with Gasteiger partial charge in [0.15, 0.2) is 6.29 Å². The number of aromatic carboxylic acids is 1. The quantitative estimate of drug-likeness (QED) is 0.720. The zero-order valence-corrected chi connectivity index (χ0v) is 7.52. The highest BCUT2D eigenvalue weighted by molar-refractivity contribution is 5.95. The average molecular weight is 181 g/mol. The summed E-state index contributed by atoms with van der Waals surface area (Å²) >= 11 is 0. The Hall–Kier alpha value is -1.58. The highest BCUT2D eigenvalue weighted by atomic mass is 16.4. The van der Waals surface area contributed by atoms with Crippen molar-refractivity contribution in [3.63, 3.8) is 0 Å². The smallest absolute Gasteiger partial charge is 0.353 e. The molecule has 0 saturated carbocycles. The van der Waals surface area contributed by atoms with E-state index in [1.165, 1.54) is 6.07 Å². The van der Waals surface area contributed by atoms with Crippen LogP contribution in [0.3, 0.4) is 0 Å². The van der Waals surface area contributed by atoms with Gasteiger partial charge >= 0.3 is 5.97 Å². The second kappa shape index (κ2) is 3.43. The fraction of sp³-hybridized carbons (Fsp3) is 0.333. The molecule has 0 fully saturated rings. The van der Waals surface area contributed by atoms with E-state index in [0.717, 1.165) is 0 Å². The molecule has 4 nitrogen and oxygen atoms in total. The maximum atomic E-state index is 10.8. The van der Waals surface area contributed by atoms with Crippen LogP contribution in [-0.4, -0.2) is 21.9 Å². The molecule has 0 bridgehead atoms. The van der Waals surface area contributed by atoms with Gasteiger partial charge in [0.1, 0.15) is 5.69 Å². The second-order valence-corrected chi connectivity index (χ2v) is 3.04. The molecule has 1 N–H and O–H groups in total. The van der Waals surface area contributed by atoms with E-state index in [-0.39, 0.29) is 17.3 Å². The van der Waals surface area contributed by atoms with Gasteiger partial charge in [0.05, 0.1) is 0 Å². The number of rotatable bonds is 3. The minimum absolute atomic E-state index is 0.0415. The summed E-state index contributed by atoms with van der Waals surface area (Å²) in [5.41, 5.74) is 0.284. The van der Waals surface area contributed by atoms with Crippen LogP contribution in [0.25, 0.3) is 0 Å². The zero-order chi connectivity index (χ0) is 10.0. The van der Waals surface area contributed by atoms with Gasteiger partial charge < -0.3 is 9.67 Å². The molecule has 0 aliphatic heterocycles. The summed E-state index contributed by atoms with van der Waals surface area (Å²) in [6.45, 7) is 3.72. The van der Waals surface area contributed by atoms with Crippen molar-refractivity contribution >= 4 is 12.3 Å². The molecule has 0 spiro atoms. The highest BCUT2D eigenvalue weighted by Crippen LogP contribution is 2.14.